The van der Waals surface area contributed by atoms with Gasteiger partial charge < -0.3 is 15.5 Å². The molecule has 0 saturated carbocycles. The Hall–Kier alpha value is -3.08. The van der Waals surface area contributed by atoms with Gasteiger partial charge in [-0.3, -0.25) is 4.98 Å². The van der Waals surface area contributed by atoms with Gasteiger partial charge in [-0.2, -0.15) is 0 Å². The third-order valence-corrected chi connectivity index (χ3v) is 4.16. The van der Waals surface area contributed by atoms with Gasteiger partial charge in [-0.25, -0.2) is 4.79 Å². The minimum absolute atomic E-state index is 0.217. The van der Waals surface area contributed by atoms with Crippen LogP contribution in [0.15, 0.2) is 54.7 Å². The number of hydrogen-bond acceptors (Lipinski definition) is 3. The summed E-state index contributed by atoms with van der Waals surface area (Å²) >= 11 is 0. The standard InChI is InChI=1S/C20H22N4O/c1-14-17(7-4-8-19(14)24(2)3)23-20(25)22-13-15-9-10-18-16(12-15)6-5-11-21-18/h4-12H,13H2,1-3H3,(H2,22,23,25). The second-order valence-electron chi connectivity index (χ2n) is 6.18. The van der Waals surface area contributed by atoms with E-state index in [1.807, 2.05) is 74.4 Å². The van der Waals surface area contributed by atoms with Crippen molar-refractivity contribution < 1.29 is 4.79 Å². The topological polar surface area (TPSA) is 57.3 Å². The molecule has 2 N–H and O–H groups in total. The first kappa shape index (κ1) is 16.8. The van der Waals surface area contributed by atoms with Crippen molar-refractivity contribution in [1.82, 2.24) is 10.3 Å². The van der Waals surface area contributed by atoms with Crippen LogP contribution in [-0.2, 0) is 6.54 Å². The highest BCUT2D eigenvalue weighted by molar-refractivity contribution is 5.91. The van der Waals surface area contributed by atoms with Crippen molar-refractivity contribution in [2.24, 2.45) is 0 Å². The first-order valence-corrected chi connectivity index (χ1v) is 8.20. The van der Waals surface area contributed by atoms with E-state index in [1.54, 1.807) is 6.20 Å². The van der Waals surface area contributed by atoms with E-state index in [0.29, 0.717) is 6.54 Å². The second-order valence-corrected chi connectivity index (χ2v) is 6.18. The molecule has 5 nitrogen and oxygen atoms in total. The quantitative estimate of drug-likeness (QED) is 0.760. The zero-order valence-electron chi connectivity index (χ0n) is 14.7. The molecule has 0 saturated heterocycles. The lowest BCUT2D eigenvalue weighted by Gasteiger charge is -2.18. The summed E-state index contributed by atoms with van der Waals surface area (Å²) in [5, 5.41) is 6.89. The Morgan fingerprint density at radius 2 is 1.96 bits per heavy atom. The van der Waals surface area contributed by atoms with Gasteiger partial charge in [0.1, 0.15) is 0 Å². The Morgan fingerprint density at radius 1 is 1.12 bits per heavy atom. The van der Waals surface area contributed by atoms with Crippen molar-refractivity contribution in [3.63, 3.8) is 0 Å². The number of nitrogens with zero attached hydrogens (tertiary/aromatic N) is 2. The summed E-state index contributed by atoms with van der Waals surface area (Å²) in [6.45, 7) is 2.46. The number of aromatic nitrogens is 1. The Balaban J connectivity index is 1.65. The highest BCUT2D eigenvalue weighted by Gasteiger charge is 2.08. The predicted molar refractivity (Wildman–Crippen MR) is 103 cm³/mol. The number of urea groups is 1. The third kappa shape index (κ3) is 3.88. The Labute approximate surface area is 147 Å². The molecule has 2 aromatic carbocycles. The molecule has 0 radical (unpaired) electrons. The van der Waals surface area contributed by atoms with Crippen LogP contribution in [0.4, 0.5) is 16.2 Å². The first-order chi connectivity index (χ1) is 12.0. The Bertz CT molecular complexity index is 905. The lowest BCUT2D eigenvalue weighted by atomic mass is 10.1. The van der Waals surface area contributed by atoms with E-state index in [1.165, 1.54) is 0 Å². The molecule has 1 heterocycles. The van der Waals surface area contributed by atoms with Gasteiger partial charge in [-0.1, -0.05) is 18.2 Å². The summed E-state index contributed by atoms with van der Waals surface area (Å²) in [7, 11) is 3.97. The number of nitrogens with one attached hydrogen (secondary N) is 2. The van der Waals surface area contributed by atoms with Crippen molar-refractivity contribution in [3.8, 4) is 0 Å². The Morgan fingerprint density at radius 3 is 2.76 bits per heavy atom. The average Bonchev–Trinajstić information content (AvgIpc) is 2.61. The van der Waals surface area contributed by atoms with Gasteiger partial charge in [0.05, 0.1) is 5.52 Å². The van der Waals surface area contributed by atoms with E-state index in [-0.39, 0.29) is 6.03 Å². The number of carbonyl (C=O) groups is 1. The van der Waals surface area contributed by atoms with Crippen LogP contribution in [0, 0.1) is 6.92 Å². The van der Waals surface area contributed by atoms with Crippen molar-refractivity contribution in [2.45, 2.75) is 13.5 Å². The van der Waals surface area contributed by atoms with Crippen LogP contribution in [0.25, 0.3) is 10.9 Å². The molecule has 0 atom stereocenters. The molecule has 0 fully saturated rings. The van der Waals surface area contributed by atoms with Crippen LogP contribution < -0.4 is 15.5 Å². The van der Waals surface area contributed by atoms with E-state index in [2.05, 4.69) is 15.6 Å². The number of pyridine rings is 1. The monoisotopic (exact) mass is 334 g/mol. The molecule has 0 aliphatic rings. The summed E-state index contributed by atoms with van der Waals surface area (Å²) in [6, 6.07) is 15.6. The number of hydrogen-bond donors (Lipinski definition) is 2. The molecule has 128 valence electrons. The molecule has 3 aromatic rings. The maximum atomic E-state index is 12.2. The van der Waals surface area contributed by atoms with Crippen LogP contribution in [0.5, 0.6) is 0 Å². The van der Waals surface area contributed by atoms with Crippen molar-refractivity contribution in [3.05, 3.63) is 65.9 Å². The molecule has 0 spiro atoms. The van der Waals surface area contributed by atoms with Gasteiger partial charge >= 0.3 is 6.03 Å². The zero-order chi connectivity index (χ0) is 17.8. The van der Waals surface area contributed by atoms with E-state index < -0.39 is 0 Å². The summed E-state index contributed by atoms with van der Waals surface area (Å²) in [5.41, 5.74) is 4.92. The molecule has 25 heavy (non-hydrogen) atoms. The summed E-state index contributed by atoms with van der Waals surface area (Å²) in [4.78, 5) is 18.6. The normalized spacial score (nSPS) is 10.5. The van der Waals surface area contributed by atoms with Gasteiger partial charge in [-0.05, 0) is 48.4 Å². The van der Waals surface area contributed by atoms with Gasteiger partial charge in [0.15, 0.2) is 0 Å². The van der Waals surface area contributed by atoms with Crippen LogP contribution >= 0.6 is 0 Å². The summed E-state index contributed by atoms with van der Waals surface area (Å²) in [6.07, 6.45) is 1.78. The Kier molecular flexibility index (Phi) is 4.84. The SMILES string of the molecule is Cc1c(NC(=O)NCc2ccc3ncccc3c2)cccc1N(C)C. The fourth-order valence-electron chi connectivity index (χ4n) is 2.83. The molecule has 0 aliphatic heterocycles. The van der Waals surface area contributed by atoms with Gasteiger partial charge in [0, 0.05) is 43.6 Å². The maximum absolute atomic E-state index is 12.2. The molecule has 0 aliphatic carbocycles. The minimum Gasteiger partial charge on any atom is -0.377 e. The highest BCUT2D eigenvalue weighted by Crippen LogP contribution is 2.25. The number of carbonyl (C=O) groups excluding carboxylic acids is 1. The molecule has 3 rings (SSSR count). The molecule has 5 heteroatoms. The lowest BCUT2D eigenvalue weighted by molar-refractivity contribution is 0.251. The van der Waals surface area contributed by atoms with Crippen LogP contribution in [0.2, 0.25) is 0 Å². The summed E-state index contributed by atoms with van der Waals surface area (Å²) < 4.78 is 0. The lowest BCUT2D eigenvalue weighted by Crippen LogP contribution is -2.28. The first-order valence-electron chi connectivity index (χ1n) is 8.20. The fraction of sp³-hybridized carbons (Fsp3) is 0.200. The van der Waals surface area contributed by atoms with E-state index in [9.17, 15) is 4.79 Å². The van der Waals surface area contributed by atoms with E-state index >= 15 is 0 Å². The van der Waals surface area contributed by atoms with Gasteiger partial charge in [0.2, 0.25) is 0 Å². The van der Waals surface area contributed by atoms with Crippen LogP contribution in [0.1, 0.15) is 11.1 Å². The van der Waals surface area contributed by atoms with Gasteiger partial charge in [0.25, 0.3) is 0 Å². The maximum Gasteiger partial charge on any atom is 0.319 e. The molecule has 2 amide bonds. The average molecular weight is 334 g/mol. The number of fused-ring (bicyclic) bond motifs is 1. The van der Waals surface area contributed by atoms with Crippen molar-refractivity contribution in [1.29, 1.82) is 0 Å². The van der Waals surface area contributed by atoms with E-state index in [4.69, 9.17) is 0 Å². The third-order valence-electron chi connectivity index (χ3n) is 4.16. The number of amides is 2. The predicted octanol–water partition coefficient (Wildman–Crippen LogP) is 3.93. The smallest absolute Gasteiger partial charge is 0.319 e. The largest absolute Gasteiger partial charge is 0.377 e. The zero-order valence-corrected chi connectivity index (χ0v) is 14.7. The van der Waals surface area contributed by atoms with E-state index in [0.717, 1.165) is 33.4 Å². The molecular weight excluding hydrogens is 312 g/mol. The number of anilines is 2. The van der Waals surface area contributed by atoms with Crippen molar-refractivity contribution >= 4 is 28.3 Å². The molecule has 0 unspecified atom stereocenters. The molecular formula is C20H22N4O. The number of rotatable bonds is 4. The molecule has 1 aromatic heterocycles. The second kappa shape index (κ2) is 7.21. The highest BCUT2D eigenvalue weighted by atomic mass is 16.2. The minimum atomic E-state index is -0.217. The van der Waals surface area contributed by atoms with Crippen LogP contribution in [0.3, 0.4) is 0 Å². The van der Waals surface area contributed by atoms with Gasteiger partial charge in [-0.15, -0.1) is 0 Å². The summed E-state index contributed by atoms with van der Waals surface area (Å²) in [5.74, 6) is 0. The fourth-order valence-corrected chi connectivity index (χ4v) is 2.83. The van der Waals surface area contributed by atoms with Crippen LogP contribution in [-0.4, -0.2) is 25.1 Å². The van der Waals surface area contributed by atoms with Crippen molar-refractivity contribution in [2.75, 3.05) is 24.3 Å². The number of benzene rings is 2. The molecule has 0 bridgehead atoms.